The summed E-state index contributed by atoms with van der Waals surface area (Å²) in [5.41, 5.74) is 0.351. The molecule has 0 bridgehead atoms. The van der Waals surface area contributed by atoms with Crippen LogP contribution in [-0.2, 0) is 16.1 Å². The van der Waals surface area contributed by atoms with E-state index >= 15 is 0 Å². The van der Waals surface area contributed by atoms with Gasteiger partial charge < -0.3 is 9.64 Å². The van der Waals surface area contributed by atoms with Crippen LogP contribution in [0, 0.1) is 0 Å². The average Bonchev–Trinajstić information content (AvgIpc) is 3.16. The molecule has 0 aromatic carbocycles. The van der Waals surface area contributed by atoms with Crippen LogP contribution in [0.2, 0.25) is 0 Å². The van der Waals surface area contributed by atoms with Gasteiger partial charge in [-0.2, -0.15) is 5.10 Å². The van der Waals surface area contributed by atoms with Gasteiger partial charge in [-0.25, -0.2) is 4.68 Å². The Bertz CT molecular complexity index is 590. The van der Waals surface area contributed by atoms with Crippen molar-refractivity contribution in [2.45, 2.75) is 44.7 Å². The van der Waals surface area contributed by atoms with Crippen LogP contribution in [-0.4, -0.2) is 39.5 Å². The Morgan fingerprint density at radius 1 is 1.45 bits per heavy atom. The highest BCUT2D eigenvalue weighted by molar-refractivity contribution is 5.76. The van der Waals surface area contributed by atoms with E-state index in [0.29, 0.717) is 12.5 Å². The molecule has 2 aliphatic rings. The Morgan fingerprint density at radius 2 is 2.20 bits per heavy atom. The summed E-state index contributed by atoms with van der Waals surface area (Å²) in [6.07, 6.45) is 2.23. The summed E-state index contributed by atoms with van der Waals surface area (Å²) in [5.74, 6) is 0.332. The molecule has 6 nitrogen and oxygen atoms in total. The predicted molar refractivity (Wildman–Crippen MR) is 72.2 cm³/mol. The minimum Gasteiger partial charge on any atom is -0.359 e. The fourth-order valence-corrected chi connectivity index (χ4v) is 2.44. The summed E-state index contributed by atoms with van der Waals surface area (Å²) in [6, 6.07) is 3.27. The fraction of sp³-hybridized carbons (Fsp3) is 0.643. The first-order valence-electron chi connectivity index (χ1n) is 6.94. The van der Waals surface area contributed by atoms with Gasteiger partial charge in [-0.15, -0.1) is 0 Å². The summed E-state index contributed by atoms with van der Waals surface area (Å²) >= 11 is 0. The lowest BCUT2D eigenvalue weighted by Crippen LogP contribution is -2.46. The second-order valence-corrected chi connectivity index (χ2v) is 6.14. The third-order valence-electron chi connectivity index (χ3n) is 3.88. The summed E-state index contributed by atoms with van der Waals surface area (Å²) in [6.45, 7) is 4.68. The quantitative estimate of drug-likeness (QED) is 0.816. The van der Waals surface area contributed by atoms with Crippen LogP contribution >= 0.6 is 0 Å². The Balaban J connectivity index is 1.78. The maximum absolute atomic E-state index is 12.3. The maximum atomic E-state index is 12.3. The normalized spacial score (nSPS) is 21.2. The molecule has 6 heteroatoms. The van der Waals surface area contributed by atoms with Crippen molar-refractivity contribution in [1.82, 2.24) is 14.7 Å². The van der Waals surface area contributed by atoms with Crippen LogP contribution in [0.1, 0.15) is 38.3 Å². The van der Waals surface area contributed by atoms with E-state index in [2.05, 4.69) is 5.10 Å². The summed E-state index contributed by atoms with van der Waals surface area (Å²) in [7, 11) is 0. The molecule has 2 fully saturated rings. The maximum Gasteiger partial charge on any atom is 0.267 e. The minimum absolute atomic E-state index is 0.0216. The summed E-state index contributed by atoms with van der Waals surface area (Å²) < 4.78 is 6.60. The smallest absolute Gasteiger partial charge is 0.267 e. The van der Waals surface area contributed by atoms with Crippen LogP contribution in [0.15, 0.2) is 16.9 Å². The molecule has 108 valence electrons. The van der Waals surface area contributed by atoms with Gasteiger partial charge in [-0.3, -0.25) is 9.59 Å². The third kappa shape index (κ3) is 2.47. The first-order chi connectivity index (χ1) is 9.47. The molecular formula is C14H19N3O3. The highest BCUT2D eigenvalue weighted by atomic mass is 16.5. The summed E-state index contributed by atoms with van der Waals surface area (Å²) in [5, 5.41) is 4.31. The van der Waals surface area contributed by atoms with Crippen molar-refractivity contribution in [3.05, 3.63) is 28.2 Å². The van der Waals surface area contributed by atoms with Gasteiger partial charge in [0.1, 0.15) is 13.3 Å². The SMILES string of the molecule is CC1(C)COCN1C(=O)Cn1nc(C2CC2)ccc1=O. The van der Waals surface area contributed by atoms with Crippen LogP contribution in [0.4, 0.5) is 0 Å². The zero-order valence-electron chi connectivity index (χ0n) is 11.8. The van der Waals surface area contributed by atoms with Gasteiger partial charge in [0.05, 0.1) is 17.8 Å². The minimum atomic E-state index is -0.325. The number of rotatable bonds is 3. The monoisotopic (exact) mass is 277 g/mol. The highest BCUT2D eigenvalue weighted by Crippen LogP contribution is 2.38. The van der Waals surface area contributed by atoms with E-state index in [9.17, 15) is 9.59 Å². The zero-order valence-corrected chi connectivity index (χ0v) is 11.8. The van der Waals surface area contributed by atoms with Gasteiger partial charge in [-0.1, -0.05) is 0 Å². The second kappa shape index (κ2) is 4.70. The molecule has 1 aliphatic heterocycles. The lowest BCUT2D eigenvalue weighted by Gasteiger charge is -2.29. The molecule has 0 spiro atoms. The predicted octanol–water partition coefficient (Wildman–Crippen LogP) is 0.716. The molecule has 1 aromatic heterocycles. The van der Waals surface area contributed by atoms with Crippen molar-refractivity contribution in [3.63, 3.8) is 0 Å². The number of nitrogens with zero attached hydrogens (tertiary/aromatic N) is 3. The zero-order chi connectivity index (χ0) is 14.3. The first kappa shape index (κ1) is 13.3. The largest absolute Gasteiger partial charge is 0.359 e. The molecule has 20 heavy (non-hydrogen) atoms. The van der Waals surface area contributed by atoms with Crippen LogP contribution in [0.5, 0.6) is 0 Å². The second-order valence-electron chi connectivity index (χ2n) is 6.14. The van der Waals surface area contributed by atoms with Crippen LogP contribution < -0.4 is 5.56 Å². The molecule has 1 amide bonds. The number of aromatic nitrogens is 2. The molecule has 1 aliphatic carbocycles. The van der Waals surface area contributed by atoms with Gasteiger partial charge in [-0.05, 0) is 32.8 Å². The molecule has 3 rings (SSSR count). The molecule has 1 saturated carbocycles. The van der Waals surface area contributed by atoms with Crippen molar-refractivity contribution in [2.24, 2.45) is 0 Å². The fourth-order valence-electron chi connectivity index (χ4n) is 2.44. The number of hydrogen-bond donors (Lipinski definition) is 0. The lowest BCUT2D eigenvalue weighted by molar-refractivity contribution is -0.136. The van der Waals surface area contributed by atoms with Gasteiger partial charge in [0.2, 0.25) is 5.91 Å². The third-order valence-corrected chi connectivity index (χ3v) is 3.88. The van der Waals surface area contributed by atoms with Crippen LogP contribution in [0.25, 0.3) is 0 Å². The Labute approximate surface area is 117 Å². The van der Waals surface area contributed by atoms with Crippen molar-refractivity contribution in [1.29, 1.82) is 0 Å². The molecule has 0 N–H and O–H groups in total. The van der Waals surface area contributed by atoms with Gasteiger partial charge in [0.15, 0.2) is 0 Å². The van der Waals surface area contributed by atoms with E-state index < -0.39 is 0 Å². The number of carbonyl (C=O) groups is 1. The van der Waals surface area contributed by atoms with Gasteiger partial charge in [0.25, 0.3) is 5.56 Å². The van der Waals surface area contributed by atoms with E-state index in [1.807, 2.05) is 13.8 Å². The van der Waals surface area contributed by atoms with E-state index in [1.165, 1.54) is 10.7 Å². The highest BCUT2D eigenvalue weighted by Gasteiger charge is 2.36. The number of amides is 1. The van der Waals surface area contributed by atoms with Gasteiger partial charge >= 0.3 is 0 Å². The number of hydrogen-bond acceptors (Lipinski definition) is 4. The van der Waals surface area contributed by atoms with E-state index in [1.54, 1.807) is 11.0 Å². The first-order valence-corrected chi connectivity index (χ1v) is 6.94. The number of carbonyl (C=O) groups excluding carboxylic acids is 1. The van der Waals surface area contributed by atoms with E-state index in [-0.39, 0.29) is 30.3 Å². The molecule has 0 atom stereocenters. The van der Waals surface area contributed by atoms with E-state index in [0.717, 1.165) is 18.5 Å². The molecule has 0 unspecified atom stereocenters. The van der Waals surface area contributed by atoms with Crippen LogP contribution in [0.3, 0.4) is 0 Å². The molecule has 0 radical (unpaired) electrons. The Kier molecular flexibility index (Phi) is 3.12. The molecule has 2 heterocycles. The standard InChI is InChI=1S/C14H19N3O3/c1-14(2)8-20-9-16(14)13(19)7-17-12(18)6-5-11(15-17)10-3-4-10/h5-6,10H,3-4,7-9H2,1-2H3. The number of ether oxygens (including phenoxy) is 1. The molecule has 1 saturated heterocycles. The van der Waals surface area contributed by atoms with Crippen molar-refractivity contribution in [3.8, 4) is 0 Å². The Hall–Kier alpha value is -1.69. The summed E-state index contributed by atoms with van der Waals surface area (Å²) in [4.78, 5) is 25.8. The van der Waals surface area contributed by atoms with Crippen molar-refractivity contribution in [2.75, 3.05) is 13.3 Å². The molecular weight excluding hydrogens is 258 g/mol. The average molecular weight is 277 g/mol. The van der Waals surface area contributed by atoms with E-state index in [4.69, 9.17) is 4.74 Å². The molecule has 1 aromatic rings. The topological polar surface area (TPSA) is 64.4 Å². The van der Waals surface area contributed by atoms with Crippen molar-refractivity contribution >= 4 is 5.91 Å². The lowest BCUT2D eigenvalue weighted by atomic mass is 10.1. The van der Waals surface area contributed by atoms with Crippen molar-refractivity contribution < 1.29 is 9.53 Å². The van der Waals surface area contributed by atoms with Gasteiger partial charge in [0, 0.05) is 12.0 Å². The Morgan fingerprint density at radius 3 is 2.80 bits per heavy atom.